The zero-order valence-corrected chi connectivity index (χ0v) is 18.4. The van der Waals surface area contributed by atoms with Crippen LogP contribution < -0.4 is 5.32 Å². The fourth-order valence-electron chi connectivity index (χ4n) is 2.29. The van der Waals surface area contributed by atoms with Crippen LogP contribution in [0.3, 0.4) is 0 Å². The van der Waals surface area contributed by atoms with Crippen LogP contribution in [0, 0.1) is 20.2 Å². The normalized spacial score (nSPS) is 10.7. The van der Waals surface area contributed by atoms with E-state index in [1.807, 2.05) is 0 Å². The molecule has 1 N–H and O–H groups in total. The third-order valence-electron chi connectivity index (χ3n) is 3.89. The number of benzene rings is 1. The van der Waals surface area contributed by atoms with Crippen LogP contribution >= 0.6 is 0 Å². The fourth-order valence-corrected chi connectivity index (χ4v) is 2.29. The first-order valence-corrected chi connectivity index (χ1v) is 10.1. The summed E-state index contributed by atoms with van der Waals surface area (Å²) in [5.41, 5.74) is -0.538. The van der Waals surface area contributed by atoms with Crippen molar-refractivity contribution in [2.75, 3.05) is 85.0 Å². The molecule has 0 aromatic heterocycles. The fraction of sp³-hybridized carbons (Fsp3) is 0.632. The number of hydrogen-bond acceptors (Lipinski definition) is 12. The van der Waals surface area contributed by atoms with Crippen molar-refractivity contribution < 1.29 is 43.1 Å². The number of rotatable bonds is 20. The molecule has 0 saturated heterocycles. The van der Waals surface area contributed by atoms with Crippen LogP contribution in [-0.4, -0.2) is 95.5 Å². The first-order chi connectivity index (χ1) is 16.0. The topological polar surface area (TPSA) is 171 Å². The molecule has 0 atom stereocenters. The number of methoxy groups -OCH3 is 1. The number of carbonyl (C=O) groups excluding carboxylic acids is 1. The molecule has 14 heteroatoms. The molecule has 186 valence electrons. The summed E-state index contributed by atoms with van der Waals surface area (Å²) in [6.07, 6.45) is 0. The average Bonchev–Trinajstić information content (AvgIpc) is 2.80. The number of nitro benzene ring substituents is 2. The Morgan fingerprint density at radius 3 is 1.82 bits per heavy atom. The Bertz CT molecular complexity index is 733. The predicted octanol–water partition coefficient (Wildman–Crippen LogP) is 1.17. The molecule has 1 aromatic carbocycles. The predicted molar refractivity (Wildman–Crippen MR) is 114 cm³/mol. The monoisotopic (exact) mass is 475 g/mol. The number of ether oxygens (including phenoxy) is 6. The lowest BCUT2D eigenvalue weighted by Gasteiger charge is -2.09. The summed E-state index contributed by atoms with van der Waals surface area (Å²) in [5.74, 6) is -0.436. The highest BCUT2D eigenvalue weighted by Crippen LogP contribution is 2.28. The Morgan fingerprint density at radius 2 is 1.33 bits per heavy atom. The van der Waals surface area contributed by atoms with E-state index < -0.39 is 15.8 Å². The number of nitrogens with one attached hydrogen (secondary N) is 1. The van der Waals surface area contributed by atoms with Gasteiger partial charge in [-0.2, -0.15) is 0 Å². The van der Waals surface area contributed by atoms with E-state index in [1.54, 1.807) is 0 Å². The molecule has 0 radical (unpaired) electrons. The minimum atomic E-state index is -0.688. The molecule has 0 saturated carbocycles. The van der Waals surface area contributed by atoms with Crippen molar-refractivity contribution in [2.24, 2.45) is 0 Å². The molecule has 0 unspecified atom stereocenters. The number of carbonyl (C=O) groups is 1. The van der Waals surface area contributed by atoms with E-state index in [2.05, 4.69) is 10.1 Å². The number of nitro groups is 2. The van der Waals surface area contributed by atoms with Gasteiger partial charge in [0.25, 0.3) is 11.4 Å². The number of nitrogens with zero attached hydrogens (tertiary/aromatic N) is 2. The van der Waals surface area contributed by atoms with Gasteiger partial charge in [-0.1, -0.05) is 0 Å². The van der Waals surface area contributed by atoms with Crippen molar-refractivity contribution in [2.45, 2.75) is 0 Å². The van der Waals surface area contributed by atoms with E-state index >= 15 is 0 Å². The number of anilines is 1. The Morgan fingerprint density at radius 1 is 0.818 bits per heavy atom. The van der Waals surface area contributed by atoms with Crippen LogP contribution in [0.1, 0.15) is 0 Å². The molecule has 0 spiro atoms. The van der Waals surface area contributed by atoms with E-state index in [0.29, 0.717) is 52.9 Å². The molecular weight excluding hydrogens is 446 g/mol. The first kappa shape index (κ1) is 28.1. The second-order valence-corrected chi connectivity index (χ2v) is 6.22. The van der Waals surface area contributed by atoms with Crippen LogP contribution in [0.15, 0.2) is 18.2 Å². The van der Waals surface area contributed by atoms with Gasteiger partial charge in [-0.25, -0.2) is 4.79 Å². The summed E-state index contributed by atoms with van der Waals surface area (Å²) in [5, 5.41) is 24.6. The quantitative estimate of drug-likeness (QED) is 0.124. The SMILES string of the molecule is COC(=O)COCCOCCOCCOCCOCCNc1ccc([N+](=O)[O-])cc1[N+](=O)[O-]. The third kappa shape index (κ3) is 13.3. The first-order valence-electron chi connectivity index (χ1n) is 10.1. The summed E-state index contributed by atoms with van der Waals surface area (Å²) in [6, 6.07) is 3.40. The van der Waals surface area contributed by atoms with E-state index in [1.165, 1.54) is 19.2 Å². The van der Waals surface area contributed by atoms with Crippen molar-refractivity contribution in [1.29, 1.82) is 0 Å². The number of hydrogen-bond donors (Lipinski definition) is 1. The third-order valence-corrected chi connectivity index (χ3v) is 3.89. The molecule has 0 bridgehead atoms. The maximum Gasteiger partial charge on any atom is 0.331 e. The minimum Gasteiger partial charge on any atom is -0.467 e. The summed E-state index contributed by atoms with van der Waals surface area (Å²) in [4.78, 5) is 31.2. The van der Waals surface area contributed by atoms with Gasteiger partial charge < -0.3 is 33.7 Å². The summed E-state index contributed by atoms with van der Waals surface area (Å²) < 4.78 is 30.8. The zero-order valence-electron chi connectivity index (χ0n) is 18.4. The smallest absolute Gasteiger partial charge is 0.331 e. The molecule has 0 amide bonds. The molecule has 0 aliphatic rings. The Balaban J connectivity index is 1.94. The molecule has 0 aliphatic heterocycles. The van der Waals surface area contributed by atoms with E-state index in [0.717, 1.165) is 6.07 Å². The van der Waals surface area contributed by atoms with Gasteiger partial charge in [0.15, 0.2) is 0 Å². The number of esters is 1. The van der Waals surface area contributed by atoms with E-state index in [-0.39, 0.29) is 36.8 Å². The molecule has 14 nitrogen and oxygen atoms in total. The molecule has 0 fully saturated rings. The van der Waals surface area contributed by atoms with E-state index in [9.17, 15) is 25.0 Å². The van der Waals surface area contributed by atoms with Crippen molar-refractivity contribution in [1.82, 2.24) is 0 Å². The van der Waals surface area contributed by atoms with Gasteiger partial charge >= 0.3 is 5.97 Å². The Hall–Kier alpha value is -2.91. The molecule has 1 rings (SSSR count). The van der Waals surface area contributed by atoms with Gasteiger partial charge in [-0.15, -0.1) is 0 Å². The van der Waals surface area contributed by atoms with Crippen molar-refractivity contribution >= 4 is 23.0 Å². The zero-order chi connectivity index (χ0) is 24.3. The van der Waals surface area contributed by atoms with Gasteiger partial charge in [0.2, 0.25) is 0 Å². The van der Waals surface area contributed by atoms with Crippen molar-refractivity contribution in [3.05, 3.63) is 38.4 Å². The average molecular weight is 475 g/mol. The Labute approximate surface area is 190 Å². The Kier molecular flexibility index (Phi) is 15.0. The summed E-state index contributed by atoms with van der Waals surface area (Å²) in [6.45, 7) is 3.36. The molecule has 1 aromatic rings. The minimum absolute atomic E-state index is 0.101. The van der Waals surface area contributed by atoms with E-state index in [4.69, 9.17) is 23.7 Å². The summed E-state index contributed by atoms with van der Waals surface area (Å²) in [7, 11) is 1.29. The molecular formula is C19H29N3O11. The highest BCUT2D eigenvalue weighted by molar-refractivity contribution is 5.70. The number of non-ortho nitro benzene ring substituents is 1. The van der Waals surface area contributed by atoms with Gasteiger partial charge in [0, 0.05) is 12.6 Å². The van der Waals surface area contributed by atoms with Crippen LogP contribution in [-0.2, 0) is 33.2 Å². The van der Waals surface area contributed by atoms with Crippen LogP contribution in [0.5, 0.6) is 0 Å². The van der Waals surface area contributed by atoms with Crippen LogP contribution in [0.2, 0.25) is 0 Å². The summed E-state index contributed by atoms with van der Waals surface area (Å²) >= 11 is 0. The molecule has 0 aliphatic carbocycles. The van der Waals surface area contributed by atoms with Gasteiger partial charge in [0.1, 0.15) is 12.3 Å². The van der Waals surface area contributed by atoms with Gasteiger partial charge in [-0.3, -0.25) is 20.2 Å². The standard InChI is InChI=1S/C19H29N3O11/c1-28-19(23)15-33-13-12-32-11-10-31-9-8-30-7-6-29-5-4-20-17-3-2-16(21(24)25)14-18(17)22(26)27/h2-3,14,20H,4-13,15H2,1H3. The lowest BCUT2D eigenvalue weighted by Crippen LogP contribution is -2.16. The maximum absolute atomic E-state index is 11.1. The second-order valence-electron chi connectivity index (χ2n) is 6.22. The maximum atomic E-state index is 11.1. The van der Waals surface area contributed by atoms with Crippen molar-refractivity contribution in [3.63, 3.8) is 0 Å². The highest BCUT2D eigenvalue weighted by atomic mass is 16.6. The lowest BCUT2D eigenvalue weighted by molar-refractivity contribution is -0.393. The largest absolute Gasteiger partial charge is 0.467 e. The van der Waals surface area contributed by atoms with Gasteiger partial charge in [0.05, 0.1) is 82.5 Å². The molecule has 33 heavy (non-hydrogen) atoms. The van der Waals surface area contributed by atoms with Crippen molar-refractivity contribution in [3.8, 4) is 0 Å². The highest BCUT2D eigenvalue weighted by Gasteiger charge is 2.18. The second kappa shape index (κ2) is 17.6. The molecule has 0 heterocycles. The van der Waals surface area contributed by atoms with Crippen LogP contribution in [0.4, 0.5) is 17.1 Å². The van der Waals surface area contributed by atoms with Crippen LogP contribution in [0.25, 0.3) is 0 Å². The van der Waals surface area contributed by atoms with Gasteiger partial charge in [-0.05, 0) is 6.07 Å². The lowest BCUT2D eigenvalue weighted by atomic mass is 10.2.